The predicted molar refractivity (Wildman–Crippen MR) is 89.6 cm³/mol. The van der Waals surface area contributed by atoms with Crippen LogP contribution in [0.1, 0.15) is 16.1 Å². The van der Waals surface area contributed by atoms with Crippen LogP contribution in [-0.4, -0.2) is 27.1 Å². The molecule has 0 atom stereocenters. The molecule has 1 fully saturated rings. The van der Waals surface area contributed by atoms with Crippen LogP contribution in [0.4, 0.5) is 11.6 Å². The van der Waals surface area contributed by atoms with Crippen molar-refractivity contribution in [3.8, 4) is 0 Å². The summed E-state index contributed by atoms with van der Waals surface area (Å²) in [5, 5.41) is 22.4. The minimum atomic E-state index is -1.13. The molecule has 1 amide bonds. The zero-order chi connectivity index (χ0) is 18.0. The molecule has 0 aliphatic carbocycles. The van der Waals surface area contributed by atoms with Gasteiger partial charge in [-0.3, -0.25) is 14.9 Å². The van der Waals surface area contributed by atoms with E-state index in [1.807, 2.05) is 0 Å². The van der Waals surface area contributed by atoms with E-state index in [1.54, 1.807) is 12.1 Å². The second-order valence-electron chi connectivity index (χ2n) is 4.74. The first-order chi connectivity index (χ1) is 11.9. The first-order valence-corrected chi connectivity index (χ1v) is 7.62. The normalized spacial score (nSPS) is 17.0. The van der Waals surface area contributed by atoms with Crippen LogP contribution in [-0.2, 0) is 4.79 Å². The van der Waals surface area contributed by atoms with Crippen molar-refractivity contribution in [1.82, 2.24) is 5.32 Å². The molecule has 1 saturated heterocycles. The first kappa shape index (κ1) is 16.5. The summed E-state index contributed by atoms with van der Waals surface area (Å²) >= 11 is 0.974. The van der Waals surface area contributed by atoms with Crippen molar-refractivity contribution in [3.05, 3.63) is 62.7 Å². The summed E-state index contributed by atoms with van der Waals surface area (Å²) in [6.45, 7) is 0. The SMILES string of the molecule is O=C1NC(=Nc2ccccc2C(=O)O)S/C1=C\c1ccc([N+](=O)[O-])o1. The first-order valence-electron chi connectivity index (χ1n) is 6.80. The van der Waals surface area contributed by atoms with Gasteiger partial charge in [-0.15, -0.1) is 0 Å². The van der Waals surface area contributed by atoms with Crippen LogP contribution >= 0.6 is 11.8 Å². The second-order valence-corrected chi connectivity index (χ2v) is 5.77. The summed E-state index contributed by atoms with van der Waals surface area (Å²) in [5.74, 6) is -1.88. The fourth-order valence-electron chi connectivity index (χ4n) is 1.99. The second kappa shape index (κ2) is 6.61. The van der Waals surface area contributed by atoms with E-state index in [2.05, 4.69) is 10.3 Å². The summed E-state index contributed by atoms with van der Waals surface area (Å²) in [6, 6.07) is 8.67. The third kappa shape index (κ3) is 3.58. The number of para-hydroxylation sites is 1. The Balaban J connectivity index is 1.86. The summed E-state index contributed by atoms with van der Waals surface area (Å²) in [4.78, 5) is 37.4. The molecule has 1 aliphatic heterocycles. The van der Waals surface area contributed by atoms with Crippen molar-refractivity contribution in [3.63, 3.8) is 0 Å². The van der Waals surface area contributed by atoms with E-state index in [0.717, 1.165) is 11.8 Å². The van der Waals surface area contributed by atoms with Gasteiger partial charge in [0.15, 0.2) is 5.17 Å². The number of furan rings is 1. The van der Waals surface area contributed by atoms with Gasteiger partial charge >= 0.3 is 11.9 Å². The Morgan fingerprint density at radius 3 is 2.76 bits per heavy atom. The monoisotopic (exact) mass is 359 g/mol. The number of aromatic carboxylic acids is 1. The maximum absolute atomic E-state index is 12.0. The number of carboxylic acids is 1. The molecule has 1 aromatic heterocycles. The van der Waals surface area contributed by atoms with Crippen LogP contribution in [0.15, 0.2) is 50.7 Å². The lowest BCUT2D eigenvalue weighted by molar-refractivity contribution is -0.402. The molecule has 1 aliphatic rings. The smallest absolute Gasteiger partial charge is 0.433 e. The number of aliphatic imine (C=N–C) groups is 1. The average Bonchev–Trinajstić information content (AvgIpc) is 3.15. The number of amides is 1. The highest BCUT2D eigenvalue weighted by Gasteiger charge is 2.25. The lowest BCUT2D eigenvalue weighted by atomic mass is 10.2. The van der Waals surface area contributed by atoms with Gasteiger partial charge in [0.05, 0.1) is 22.2 Å². The number of carboxylic acid groups (broad SMARTS) is 1. The van der Waals surface area contributed by atoms with Gasteiger partial charge in [-0.2, -0.15) is 0 Å². The lowest BCUT2D eigenvalue weighted by Crippen LogP contribution is -2.19. The van der Waals surface area contributed by atoms with Gasteiger partial charge in [0.1, 0.15) is 10.7 Å². The minimum absolute atomic E-state index is 0.00365. The number of benzene rings is 1. The van der Waals surface area contributed by atoms with E-state index in [4.69, 9.17) is 9.52 Å². The van der Waals surface area contributed by atoms with Crippen LogP contribution in [0.3, 0.4) is 0 Å². The number of hydrogen-bond acceptors (Lipinski definition) is 7. The van der Waals surface area contributed by atoms with Gasteiger partial charge in [0, 0.05) is 6.08 Å². The van der Waals surface area contributed by atoms with Gasteiger partial charge in [-0.25, -0.2) is 9.79 Å². The van der Waals surface area contributed by atoms with E-state index in [1.165, 1.54) is 30.3 Å². The largest absolute Gasteiger partial charge is 0.478 e. The van der Waals surface area contributed by atoms with E-state index in [9.17, 15) is 19.7 Å². The topological polar surface area (TPSA) is 135 Å². The zero-order valence-electron chi connectivity index (χ0n) is 12.3. The maximum atomic E-state index is 12.0. The number of nitrogens with one attached hydrogen (secondary N) is 1. The molecule has 0 radical (unpaired) electrons. The number of hydrogen-bond donors (Lipinski definition) is 2. The third-order valence-corrected chi connectivity index (χ3v) is 3.98. The van der Waals surface area contributed by atoms with Gasteiger partial charge in [-0.1, -0.05) is 12.1 Å². The summed E-state index contributed by atoms with van der Waals surface area (Å²) in [5.41, 5.74) is 0.205. The van der Waals surface area contributed by atoms with Crippen molar-refractivity contribution in [2.24, 2.45) is 4.99 Å². The molecule has 0 unspecified atom stereocenters. The Labute approximate surface area is 144 Å². The number of carbonyl (C=O) groups excluding carboxylic acids is 1. The number of amidine groups is 1. The lowest BCUT2D eigenvalue weighted by Gasteiger charge is -2.00. The van der Waals surface area contributed by atoms with Crippen molar-refractivity contribution >= 4 is 46.5 Å². The third-order valence-electron chi connectivity index (χ3n) is 3.07. The highest BCUT2D eigenvalue weighted by molar-refractivity contribution is 8.18. The average molecular weight is 359 g/mol. The fraction of sp³-hybridized carbons (Fsp3) is 0. The van der Waals surface area contributed by atoms with Crippen LogP contribution in [0.5, 0.6) is 0 Å². The Morgan fingerprint density at radius 1 is 1.32 bits per heavy atom. The van der Waals surface area contributed by atoms with E-state index < -0.39 is 22.7 Å². The number of rotatable bonds is 4. The molecule has 126 valence electrons. The van der Waals surface area contributed by atoms with Crippen LogP contribution in [0.25, 0.3) is 6.08 Å². The van der Waals surface area contributed by atoms with Crippen molar-refractivity contribution in [2.75, 3.05) is 0 Å². The fourth-order valence-corrected chi connectivity index (χ4v) is 2.80. The van der Waals surface area contributed by atoms with Crippen LogP contribution in [0.2, 0.25) is 0 Å². The summed E-state index contributed by atoms with van der Waals surface area (Å²) < 4.78 is 4.97. The quantitative estimate of drug-likeness (QED) is 0.487. The van der Waals surface area contributed by atoms with E-state index in [0.29, 0.717) is 0 Å². The standard InChI is InChI=1S/C15H9N3O6S/c19-13-11(7-8-5-6-12(24-8)18(22)23)25-15(17-13)16-10-4-2-1-3-9(10)14(20)21/h1-7H,(H,20,21)(H,16,17,19)/b11-7-. The number of thioether (sulfide) groups is 1. The Kier molecular flexibility index (Phi) is 4.35. The molecule has 25 heavy (non-hydrogen) atoms. The van der Waals surface area contributed by atoms with Crippen molar-refractivity contribution in [2.45, 2.75) is 0 Å². The maximum Gasteiger partial charge on any atom is 0.433 e. The summed E-state index contributed by atoms with van der Waals surface area (Å²) in [7, 11) is 0. The zero-order valence-corrected chi connectivity index (χ0v) is 13.1. The van der Waals surface area contributed by atoms with Gasteiger partial charge in [-0.05, 0) is 30.0 Å². The van der Waals surface area contributed by atoms with E-state index in [-0.39, 0.29) is 27.1 Å². The molecule has 1 aromatic carbocycles. The molecule has 9 nitrogen and oxygen atoms in total. The Morgan fingerprint density at radius 2 is 2.08 bits per heavy atom. The molecule has 0 bridgehead atoms. The Bertz CT molecular complexity index is 946. The molecular formula is C15H9N3O6S. The van der Waals surface area contributed by atoms with Crippen LogP contribution < -0.4 is 5.32 Å². The molecule has 3 rings (SSSR count). The molecule has 2 N–H and O–H groups in total. The van der Waals surface area contributed by atoms with Gasteiger partial charge < -0.3 is 14.8 Å². The number of nitrogens with zero attached hydrogens (tertiary/aromatic N) is 2. The van der Waals surface area contributed by atoms with E-state index >= 15 is 0 Å². The Hall–Kier alpha value is -3.40. The number of carbonyl (C=O) groups is 2. The molecule has 0 saturated carbocycles. The van der Waals surface area contributed by atoms with Crippen LogP contribution in [0, 0.1) is 10.1 Å². The van der Waals surface area contributed by atoms with Gasteiger partial charge in [0.2, 0.25) is 0 Å². The molecule has 10 heteroatoms. The predicted octanol–water partition coefficient (Wildman–Crippen LogP) is 2.78. The molecule has 2 aromatic rings. The highest BCUT2D eigenvalue weighted by atomic mass is 32.2. The highest BCUT2D eigenvalue weighted by Crippen LogP contribution is 2.30. The van der Waals surface area contributed by atoms with Crippen molar-refractivity contribution in [1.29, 1.82) is 0 Å². The van der Waals surface area contributed by atoms with Gasteiger partial charge in [0.25, 0.3) is 5.91 Å². The minimum Gasteiger partial charge on any atom is -0.478 e. The van der Waals surface area contributed by atoms with Crippen molar-refractivity contribution < 1.29 is 24.0 Å². The number of nitro groups is 1. The molecule has 2 heterocycles. The molecule has 0 spiro atoms. The summed E-state index contributed by atoms with van der Waals surface area (Å²) in [6.07, 6.45) is 1.35. The molecular weight excluding hydrogens is 350 g/mol.